The number of piperidine rings is 2. The third-order valence-corrected chi connectivity index (χ3v) is 13.7. The molecule has 18 nitrogen and oxygen atoms in total. The van der Waals surface area contributed by atoms with Crippen LogP contribution in [0.25, 0.3) is 0 Å². The zero-order valence-electron chi connectivity index (χ0n) is 33.6. The molecule has 2 fully saturated rings. The Morgan fingerprint density at radius 1 is 0.724 bits per heavy atom. The highest BCUT2D eigenvalue weighted by Gasteiger charge is 2.35. The van der Waals surface area contributed by atoms with Crippen LogP contribution >= 0.6 is 46.2 Å². The zero-order valence-corrected chi connectivity index (χ0v) is 36.9. The van der Waals surface area contributed by atoms with Crippen molar-refractivity contribution in [1.82, 2.24) is 40.5 Å². The van der Waals surface area contributed by atoms with E-state index >= 15 is 0 Å². The number of nitrogens with one attached hydrogen (secondary N) is 4. The Hall–Kier alpha value is -4.22. The first-order valence-electron chi connectivity index (χ1n) is 18.6. The second-order valence-corrected chi connectivity index (χ2v) is 17.0. The van der Waals surface area contributed by atoms with Crippen molar-refractivity contribution in [2.45, 2.75) is 87.7 Å². The lowest BCUT2D eigenvalue weighted by molar-refractivity contribution is 0.0537. The van der Waals surface area contributed by atoms with E-state index < -0.39 is 11.9 Å². The minimum atomic E-state index is -0.966. The first kappa shape index (κ1) is 44.9. The average molecular weight is 879 g/mol. The number of thiazole rings is 2. The standard InChI is InChI=1S/2C18H25N5O4S2/c2*1-5-10-16(28-4)22-14(20-10)15(24)21-11-6-7-23(8-12(11)27-3)18-19-9(2)13(29-18)17(25)26/h2*11-12H,5-8H2,1-4H3,(H,20,22)(H,21,24)(H,25,26)/t2*11-,12+/m11/s1. The van der Waals surface area contributed by atoms with Gasteiger partial charge in [0.05, 0.1) is 35.7 Å². The topological polar surface area (TPSA) is 241 Å². The number of thioether (sulfide) groups is 2. The van der Waals surface area contributed by atoms with E-state index in [-0.39, 0.29) is 45.9 Å². The van der Waals surface area contributed by atoms with Gasteiger partial charge in [0.15, 0.2) is 21.9 Å². The Labute approximate surface area is 352 Å². The lowest BCUT2D eigenvalue weighted by Gasteiger charge is -2.37. The van der Waals surface area contributed by atoms with Crippen molar-refractivity contribution >= 4 is 80.2 Å². The number of aromatic carboxylic acids is 2. The predicted molar refractivity (Wildman–Crippen MR) is 225 cm³/mol. The number of H-pyrrole nitrogens is 2. The van der Waals surface area contributed by atoms with Crippen LogP contribution in [0.15, 0.2) is 10.1 Å². The van der Waals surface area contributed by atoms with Crippen molar-refractivity contribution in [2.75, 3.05) is 62.7 Å². The van der Waals surface area contributed by atoms with E-state index in [9.17, 15) is 29.4 Å². The van der Waals surface area contributed by atoms with E-state index in [1.165, 1.54) is 23.5 Å². The third-order valence-electron chi connectivity index (χ3n) is 9.86. The molecule has 58 heavy (non-hydrogen) atoms. The van der Waals surface area contributed by atoms with E-state index in [0.29, 0.717) is 72.3 Å². The maximum Gasteiger partial charge on any atom is 0.347 e. The molecule has 0 spiro atoms. The van der Waals surface area contributed by atoms with Crippen molar-refractivity contribution in [3.63, 3.8) is 0 Å². The number of hydrogen-bond donors (Lipinski definition) is 6. The second-order valence-electron chi connectivity index (χ2n) is 13.5. The summed E-state index contributed by atoms with van der Waals surface area (Å²) in [4.78, 5) is 76.2. The van der Waals surface area contributed by atoms with Gasteiger partial charge in [0.25, 0.3) is 11.8 Å². The van der Waals surface area contributed by atoms with Gasteiger partial charge in [-0.1, -0.05) is 36.5 Å². The Morgan fingerprint density at radius 2 is 1.10 bits per heavy atom. The Kier molecular flexibility index (Phi) is 15.6. The van der Waals surface area contributed by atoms with E-state index in [0.717, 1.165) is 57.0 Å². The molecule has 0 unspecified atom stereocenters. The van der Waals surface area contributed by atoms with Gasteiger partial charge in [-0.25, -0.2) is 29.5 Å². The quantitative estimate of drug-likeness (QED) is 0.0965. The molecular formula is C36H50N10O8S4. The summed E-state index contributed by atoms with van der Waals surface area (Å²) in [5.41, 5.74) is 2.93. The molecule has 0 saturated carbocycles. The van der Waals surface area contributed by atoms with Crippen molar-refractivity contribution in [3.05, 3.63) is 44.2 Å². The van der Waals surface area contributed by atoms with Crippen LogP contribution in [0.2, 0.25) is 0 Å². The maximum atomic E-state index is 12.7. The van der Waals surface area contributed by atoms with Gasteiger partial charge in [-0.3, -0.25) is 9.59 Å². The van der Waals surface area contributed by atoms with Crippen LogP contribution in [-0.2, 0) is 22.3 Å². The predicted octanol–water partition coefficient (Wildman–Crippen LogP) is 4.36. The number of aromatic nitrogens is 6. The zero-order chi connectivity index (χ0) is 42.3. The molecule has 2 saturated heterocycles. The molecule has 22 heteroatoms. The highest BCUT2D eigenvalue weighted by atomic mass is 32.2. The summed E-state index contributed by atoms with van der Waals surface area (Å²) < 4.78 is 11.2. The van der Waals surface area contributed by atoms with Crippen molar-refractivity contribution in [3.8, 4) is 0 Å². The molecular weight excluding hydrogens is 829 g/mol. The number of aromatic amines is 2. The number of hydrogen-bond acceptors (Lipinski definition) is 16. The number of amides is 2. The first-order chi connectivity index (χ1) is 27.7. The van der Waals surface area contributed by atoms with Crippen LogP contribution < -0.4 is 20.4 Å². The van der Waals surface area contributed by atoms with Crippen LogP contribution in [-0.4, -0.2) is 141 Å². The summed E-state index contributed by atoms with van der Waals surface area (Å²) in [5.74, 6) is -1.81. The molecule has 4 atom stereocenters. The fraction of sp³-hybridized carbons (Fsp3) is 0.556. The molecule has 0 bridgehead atoms. The summed E-state index contributed by atoms with van der Waals surface area (Å²) in [6.07, 6.45) is 6.25. The van der Waals surface area contributed by atoms with Gasteiger partial charge in [-0.2, -0.15) is 0 Å². The number of carbonyl (C=O) groups is 4. The number of ether oxygens (including phenoxy) is 2. The molecule has 6 rings (SSSR count). The molecule has 0 aliphatic carbocycles. The van der Waals surface area contributed by atoms with Gasteiger partial charge in [0.2, 0.25) is 0 Å². The number of carboxylic acid groups (broad SMARTS) is 2. The van der Waals surface area contributed by atoms with Crippen LogP contribution in [0.1, 0.15) is 90.0 Å². The lowest BCUT2D eigenvalue weighted by atomic mass is 10.0. The van der Waals surface area contributed by atoms with Crippen LogP contribution in [0.4, 0.5) is 10.3 Å². The molecule has 4 aromatic heterocycles. The van der Waals surface area contributed by atoms with Gasteiger partial charge in [-0.15, -0.1) is 23.5 Å². The summed E-state index contributed by atoms with van der Waals surface area (Å²) in [5, 5.41) is 27.6. The molecule has 6 N–H and O–H groups in total. The number of rotatable bonds is 14. The molecule has 0 radical (unpaired) electrons. The van der Waals surface area contributed by atoms with Crippen LogP contribution in [0, 0.1) is 13.8 Å². The Balaban J connectivity index is 0.000000221. The van der Waals surface area contributed by atoms with Crippen LogP contribution in [0.3, 0.4) is 0 Å². The van der Waals surface area contributed by atoms with E-state index in [4.69, 9.17) is 9.47 Å². The second kappa shape index (κ2) is 20.2. The highest BCUT2D eigenvalue weighted by molar-refractivity contribution is 7.98. The van der Waals surface area contributed by atoms with Gasteiger partial charge in [-0.05, 0) is 52.0 Å². The maximum absolute atomic E-state index is 12.7. The molecule has 0 aromatic carbocycles. The number of methoxy groups -OCH3 is 2. The fourth-order valence-corrected chi connectivity index (χ4v) is 9.84. The molecule has 316 valence electrons. The minimum absolute atomic E-state index is 0.170. The number of anilines is 2. The SMILES string of the molecule is CCc1[nH]c(C(=O)N[C@@H]2CCN(c3nc(C)c(C(=O)O)s3)C[C@@H]2OC)nc1SC.CCc1[nH]c(C(=O)N[C@@H]2CCN(c3nc(C)c(C(=O)O)s3)C[C@@H]2OC)nc1SC. The number of imidazole rings is 2. The van der Waals surface area contributed by atoms with Crippen molar-refractivity contribution in [1.29, 1.82) is 0 Å². The fourth-order valence-electron chi connectivity index (χ4n) is 6.71. The third kappa shape index (κ3) is 10.3. The van der Waals surface area contributed by atoms with E-state index in [2.05, 4.69) is 40.5 Å². The van der Waals surface area contributed by atoms with Crippen LogP contribution in [0.5, 0.6) is 0 Å². The molecule has 4 aromatic rings. The average Bonchev–Trinajstić information content (AvgIpc) is 4.02. The minimum Gasteiger partial charge on any atom is -0.477 e. The number of carboxylic acids is 2. The summed E-state index contributed by atoms with van der Waals surface area (Å²) in [6, 6.07) is -0.340. The number of nitrogens with zero attached hydrogens (tertiary/aromatic N) is 6. The first-order valence-corrected chi connectivity index (χ1v) is 22.7. The van der Waals surface area contributed by atoms with Gasteiger partial charge < -0.3 is 50.1 Å². The van der Waals surface area contributed by atoms with Gasteiger partial charge >= 0.3 is 11.9 Å². The monoisotopic (exact) mass is 878 g/mol. The highest BCUT2D eigenvalue weighted by Crippen LogP contribution is 2.31. The van der Waals surface area contributed by atoms with E-state index in [1.54, 1.807) is 28.1 Å². The molecule has 2 amide bonds. The largest absolute Gasteiger partial charge is 0.477 e. The normalized spacial score (nSPS) is 19.4. The van der Waals surface area contributed by atoms with Crippen molar-refractivity contribution in [2.24, 2.45) is 0 Å². The smallest absolute Gasteiger partial charge is 0.347 e. The Bertz CT molecular complexity index is 1900. The molecule has 2 aliphatic heterocycles. The van der Waals surface area contributed by atoms with Gasteiger partial charge in [0.1, 0.15) is 19.8 Å². The molecule has 2 aliphatic rings. The van der Waals surface area contributed by atoms with Gasteiger partial charge in [0, 0.05) is 51.8 Å². The van der Waals surface area contributed by atoms with E-state index in [1.807, 2.05) is 36.2 Å². The molecule has 6 heterocycles. The number of aryl methyl sites for hydroxylation is 4. The summed E-state index contributed by atoms with van der Waals surface area (Å²) in [6.45, 7) is 9.74. The lowest BCUT2D eigenvalue weighted by Crippen LogP contribution is -2.55. The summed E-state index contributed by atoms with van der Waals surface area (Å²) >= 11 is 5.35. The Morgan fingerprint density at radius 3 is 1.38 bits per heavy atom. The summed E-state index contributed by atoms with van der Waals surface area (Å²) in [7, 11) is 3.22. The van der Waals surface area contributed by atoms with Crippen molar-refractivity contribution < 1.29 is 38.9 Å². The number of carbonyl (C=O) groups excluding carboxylic acids is 2.